The zero-order chi connectivity index (χ0) is 24.2. The van der Waals surface area contributed by atoms with E-state index in [1.165, 1.54) is 0 Å². The Kier molecular flexibility index (Phi) is 8.11. The number of carbonyl (C=O) groups is 1. The lowest BCUT2D eigenvalue weighted by atomic mass is 9.64. The van der Waals surface area contributed by atoms with Crippen molar-refractivity contribution in [1.29, 1.82) is 5.26 Å². The van der Waals surface area contributed by atoms with Crippen molar-refractivity contribution >= 4 is 29.2 Å². The summed E-state index contributed by atoms with van der Waals surface area (Å²) in [6, 6.07) is 16.6. The van der Waals surface area contributed by atoms with E-state index < -0.39 is 23.0 Å². The Morgan fingerprint density at radius 3 is 2.39 bits per heavy atom. The molecule has 0 aliphatic carbocycles. The van der Waals surface area contributed by atoms with Gasteiger partial charge in [0.15, 0.2) is 0 Å². The molecule has 2 aromatic rings. The normalized spacial score (nSPS) is 24.9. The maximum Gasteiger partial charge on any atom is 0.324 e. The van der Waals surface area contributed by atoms with Gasteiger partial charge in [-0.05, 0) is 62.6 Å². The summed E-state index contributed by atoms with van der Waals surface area (Å²) in [7, 11) is 0. The quantitative estimate of drug-likeness (QED) is 0.345. The molecule has 0 unspecified atom stereocenters. The molecule has 3 rings (SSSR count). The second kappa shape index (κ2) is 10.5. The standard InChI is InChI=1S/C27H32Cl2N2O2/c1-5-6-7-11-22-27(17-30,19-12-14-20(28)15-13-19)23(18-9-8-10-21(29)16-18)24(31-22)25(32)33-26(2,3)4/h8-10,12-16,22-24,31H,5-7,11H2,1-4H3/t22-,23-,24+,27-/m0/s1. The molecule has 0 spiro atoms. The number of esters is 1. The van der Waals surface area contributed by atoms with Crippen LogP contribution in [0, 0.1) is 11.3 Å². The molecule has 4 nitrogen and oxygen atoms in total. The van der Waals surface area contributed by atoms with Crippen molar-refractivity contribution in [2.75, 3.05) is 0 Å². The third kappa shape index (κ3) is 5.54. The first-order chi connectivity index (χ1) is 15.6. The molecule has 33 heavy (non-hydrogen) atoms. The molecule has 0 radical (unpaired) electrons. The van der Waals surface area contributed by atoms with Gasteiger partial charge in [0.1, 0.15) is 17.1 Å². The van der Waals surface area contributed by atoms with Gasteiger partial charge in [0.25, 0.3) is 0 Å². The number of hydrogen-bond donors (Lipinski definition) is 1. The Morgan fingerprint density at radius 1 is 1.12 bits per heavy atom. The van der Waals surface area contributed by atoms with E-state index in [4.69, 9.17) is 27.9 Å². The third-order valence-corrected chi connectivity index (χ3v) is 6.71. The second-order valence-corrected chi connectivity index (χ2v) is 10.6. The SMILES string of the molecule is CCCCC[C@@H]1N[C@@H](C(=O)OC(C)(C)C)[C@H](c2cccc(Cl)c2)[C@@]1(C#N)c1ccc(Cl)cc1. The van der Waals surface area contributed by atoms with Crippen LogP contribution in [0.4, 0.5) is 0 Å². The molecule has 176 valence electrons. The van der Waals surface area contributed by atoms with Crippen molar-refractivity contribution in [2.45, 2.75) is 82.4 Å². The zero-order valence-corrected chi connectivity index (χ0v) is 21.2. The van der Waals surface area contributed by atoms with Crippen LogP contribution < -0.4 is 5.32 Å². The summed E-state index contributed by atoms with van der Waals surface area (Å²) in [5.74, 6) is -0.845. The van der Waals surface area contributed by atoms with Crippen molar-refractivity contribution in [3.8, 4) is 6.07 Å². The predicted molar refractivity (Wildman–Crippen MR) is 134 cm³/mol. The lowest BCUT2D eigenvalue weighted by Crippen LogP contribution is -2.42. The molecule has 1 aliphatic heterocycles. The number of benzene rings is 2. The summed E-state index contributed by atoms with van der Waals surface area (Å²) < 4.78 is 5.81. The minimum Gasteiger partial charge on any atom is -0.459 e. The van der Waals surface area contributed by atoms with Crippen LogP contribution in [0.1, 0.15) is 70.4 Å². The van der Waals surface area contributed by atoms with Gasteiger partial charge >= 0.3 is 5.97 Å². The van der Waals surface area contributed by atoms with E-state index in [1.54, 1.807) is 18.2 Å². The Morgan fingerprint density at radius 2 is 1.82 bits per heavy atom. The fourth-order valence-corrected chi connectivity index (χ4v) is 5.20. The molecule has 2 aromatic carbocycles. The average Bonchev–Trinajstić information content (AvgIpc) is 3.09. The molecular formula is C27H32Cl2N2O2. The minimum absolute atomic E-state index is 0.239. The number of rotatable bonds is 7. The number of halogens is 2. The van der Waals surface area contributed by atoms with E-state index in [9.17, 15) is 10.1 Å². The van der Waals surface area contributed by atoms with Gasteiger partial charge in [0.05, 0.1) is 6.07 Å². The van der Waals surface area contributed by atoms with Crippen molar-refractivity contribution in [3.05, 3.63) is 69.7 Å². The lowest BCUT2D eigenvalue weighted by Gasteiger charge is -2.35. The molecular weight excluding hydrogens is 455 g/mol. The van der Waals surface area contributed by atoms with E-state index in [-0.39, 0.29) is 12.0 Å². The van der Waals surface area contributed by atoms with Crippen molar-refractivity contribution in [2.24, 2.45) is 0 Å². The molecule has 0 amide bonds. The number of nitrogens with zero attached hydrogens (tertiary/aromatic N) is 1. The van der Waals surface area contributed by atoms with Crippen molar-refractivity contribution < 1.29 is 9.53 Å². The Hall–Kier alpha value is -2.06. The van der Waals surface area contributed by atoms with E-state index in [0.717, 1.165) is 36.8 Å². The number of ether oxygens (including phenoxy) is 1. The van der Waals surface area contributed by atoms with Crippen LogP contribution >= 0.6 is 23.2 Å². The summed E-state index contributed by atoms with van der Waals surface area (Å²) in [5, 5.41) is 15.5. The van der Waals surface area contributed by atoms with Crippen LogP contribution in [-0.4, -0.2) is 23.7 Å². The highest BCUT2D eigenvalue weighted by molar-refractivity contribution is 6.30. The zero-order valence-electron chi connectivity index (χ0n) is 19.7. The summed E-state index contributed by atoms with van der Waals surface area (Å²) in [6.07, 6.45) is 3.84. The molecule has 0 bridgehead atoms. The summed E-state index contributed by atoms with van der Waals surface area (Å²) in [6.45, 7) is 7.70. The highest BCUT2D eigenvalue weighted by atomic mass is 35.5. The first-order valence-corrected chi connectivity index (χ1v) is 12.3. The van der Waals surface area contributed by atoms with Gasteiger partial charge in [-0.2, -0.15) is 5.26 Å². The minimum atomic E-state index is -0.995. The molecule has 6 heteroatoms. The van der Waals surface area contributed by atoms with Gasteiger partial charge < -0.3 is 4.74 Å². The summed E-state index contributed by atoms with van der Waals surface area (Å²) >= 11 is 12.5. The summed E-state index contributed by atoms with van der Waals surface area (Å²) in [4.78, 5) is 13.4. The third-order valence-electron chi connectivity index (χ3n) is 6.23. The molecule has 1 saturated heterocycles. The fraction of sp³-hybridized carbons (Fsp3) is 0.481. The highest BCUT2D eigenvalue weighted by Gasteiger charge is 2.59. The fourth-order valence-electron chi connectivity index (χ4n) is 4.88. The largest absolute Gasteiger partial charge is 0.459 e. The van der Waals surface area contributed by atoms with Crippen molar-refractivity contribution in [1.82, 2.24) is 5.32 Å². The topological polar surface area (TPSA) is 62.1 Å². The number of hydrogen-bond acceptors (Lipinski definition) is 4. The predicted octanol–water partition coefficient (Wildman–Crippen LogP) is 6.80. The maximum atomic E-state index is 13.4. The second-order valence-electron chi connectivity index (χ2n) is 9.75. The van der Waals surface area contributed by atoms with E-state index in [1.807, 2.05) is 51.1 Å². The molecule has 1 fully saturated rings. The number of carbonyl (C=O) groups excluding carboxylic acids is 1. The van der Waals surface area contributed by atoms with E-state index in [2.05, 4.69) is 18.3 Å². The molecule has 1 aliphatic rings. The van der Waals surface area contributed by atoms with Gasteiger partial charge in [-0.3, -0.25) is 10.1 Å². The Labute approximate surface area is 207 Å². The van der Waals surface area contributed by atoms with E-state index >= 15 is 0 Å². The first kappa shape index (κ1) is 25.6. The molecule has 4 atom stereocenters. The monoisotopic (exact) mass is 486 g/mol. The van der Waals surface area contributed by atoms with Crippen LogP contribution in [0.3, 0.4) is 0 Å². The number of nitrogens with one attached hydrogen (secondary N) is 1. The Balaban J connectivity index is 2.20. The van der Waals surface area contributed by atoms with Crippen LogP contribution in [-0.2, 0) is 14.9 Å². The van der Waals surface area contributed by atoms with E-state index in [0.29, 0.717) is 10.0 Å². The van der Waals surface area contributed by atoms with Crippen LogP contribution in [0.25, 0.3) is 0 Å². The molecule has 0 aromatic heterocycles. The molecule has 0 saturated carbocycles. The van der Waals surface area contributed by atoms with Crippen molar-refractivity contribution in [3.63, 3.8) is 0 Å². The van der Waals surface area contributed by atoms with Gasteiger partial charge in [0, 0.05) is 22.0 Å². The highest BCUT2D eigenvalue weighted by Crippen LogP contribution is 2.50. The van der Waals surface area contributed by atoms with Gasteiger partial charge in [0.2, 0.25) is 0 Å². The average molecular weight is 487 g/mol. The molecule has 1 N–H and O–H groups in total. The molecule has 1 heterocycles. The van der Waals surface area contributed by atoms with Gasteiger partial charge in [-0.15, -0.1) is 0 Å². The number of unbranched alkanes of at least 4 members (excludes halogenated alkanes) is 2. The smallest absolute Gasteiger partial charge is 0.324 e. The Bertz CT molecular complexity index is 1010. The van der Waals surface area contributed by atoms with Gasteiger partial charge in [-0.1, -0.05) is 73.7 Å². The van der Waals surface area contributed by atoms with Crippen LogP contribution in [0.15, 0.2) is 48.5 Å². The number of nitriles is 1. The maximum absolute atomic E-state index is 13.4. The first-order valence-electron chi connectivity index (χ1n) is 11.5. The van der Waals surface area contributed by atoms with Gasteiger partial charge in [-0.25, -0.2) is 0 Å². The van der Waals surface area contributed by atoms with Crippen LogP contribution in [0.5, 0.6) is 0 Å². The summed E-state index contributed by atoms with van der Waals surface area (Å²) in [5.41, 5.74) is 0.0257. The van der Waals surface area contributed by atoms with Crippen LogP contribution in [0.2, 0.25) is 10.0 Å². The lowest BCUT2D eigenvalue weighted by molar-refractivity contribution is -0.157.